The van der Waals surface area contributed by atoms with Crippen LogP contribution in [0.2, 0.25) is 0 Å². The number of aromatic nitrogens is 6. The van der Waals surface area contributed by atoms with Crippen molar-refractivity contribution in [2.24, 2.45) is 0 Å². The summed E-state index contributed by atoms with van der Waals surface area (Å²) in [5.41, 5.74) is 1.76. The van der Waals surface area contributed by atoms with E-state index in [9.17, 15) is 9.59 Å². The van der Waals surface area contributed by atoms with Gasteiger partial charge in [-0.2, -0.15) is 19.9 Å². The highest BCUT2D eigenvalue weighted by molar-refractivity contribution is 6.04. The number of rotatable bonds is 4. The fraction of sp³-hybridized carbons (Fsp3) is 0.0870. The second-order valence-corrected chi connectivity index (χ2v) is 7.62. The minimum atomic E-state index is -0.378. The largest absolute Gasteiger partial charge is 0.454 e. The molecule has 4 heterocycles. The molecule has 0 aliphatic carbocycles. The first-order valence-corrected chi connectivity index (χ1v) is 10.4. The molecule has 1 aliphatic heterocycles. The van der Waals surface area contributed by atoms with E-state index >= 15 is 0 Å². The molecule has 0 saturated carbocycles. The minimum Gasteiger partial charge on any atom is -0.454 e. The van der Waals surface area contributed by atoms with E-state index in [-0.39, 0.29) is 24.2 Å². The van der Waals surface area contributed by atoms with E-state index < -0.39 is 0 Å². The van der Waals surface area contributed by atoms with E-state index in [2.05, 4.69) is 25.5 Å². The third-order valence-corrected chi connectivity index (χ3v) is 5.33. The standard InChI is InChI=1S/C23H17N7O4/c1-13-9-19(25-21(31)14-7-8-17-18(10-14)34-12-33-17)30(28-13)23-26-20-16(22(32)27-23)11-24-29(20)15-5-3-2-4-6-15/h2-11H,12H2,1H3,(H,25,31)(H,26,27,32). The quantitative estimate of drug-likeness (QED) is 0.426. The fourth-order valence-electron chi connectivity index (χ4n) is 3.74. The molecule has 0 fully saturated rings. The fourth-order valence-corrected chi connectivity index (χ4v) is 3.74. The van der Waals surface area contributed by atoms with Crippen LogP contribution in [0.4, 0.5) is 5.82 Å². The number of anilines is 1. The van der Waals surface area contributed by atoms with Gasteiger partial charge in [0, 0.05) is 11.6 Å². The van der Waals surface area contributed by atoms with E-state index in [0.29, 0.717) is 39.6 Å². The number of carbonyl (C=O) groups is 1. The number of fused-ring (bicyclic) bond motifs is 2. The van der Waals surface area contributed by atoms with Gasteiger partial charge in [0.15, 0.2) is 17.1 Å². The number of benzene rings is 2. The Balaban J connectivity index is 1.40. The van der Waals surface area contributed by atoms with Crippen molar-refractivity contribution in [3.05, 3.63) is 82.4 Å². The number of hydrogen-bond acceptors (Lipinski definition) is 7. The van der Waals surface area contributed by atoms with Gasteiger partial charge in [-0.05, 0) is 37.3 Å². The smallest absolute Gasteiger partial charge is 0.263 e. The second kappa shape index (κ2) is 7.59. The van der Waals surface area contributed by atoms with Gasteiger partial charge in [-0.3, -0.25) is 14.6 Å². The lowest BCUT2D eigenvalue weighted by Gasteiger charge is -2.09. The minimum absolute atomic E-state index is 0.118. The normalized spacial score (nSPS) is 12.3. The maximum absolute atomic E-state index is 12.9. The van der Waals surface area contributed by atoms with Crippen molar-refractivity contribution in [2.45, 2.75) is 6.92 Å². The summed E-state index contributed by atoms with van der Waals surface area (Å²) in [6.45, 7) is 1.89. The van der Waals surface area contributed by atoms with E-state index in [1.54, 1.807) is 35.9 Å². The topological polar surface area (TPSA) is 129 Å². The third-order valence-electron chi connectivity index (χ3n) is 5.33. The Bertz CT molecular complexity index is 1620. The van der Waals surface area contributed by atoms with Crippen LogP contribution in [-0.4, -0.2) is 42.2 Å². The Kier molecular flexibility index (Phi) is 4.40. The number of amides is 1. The SMILES string of the molecule is Cc1cc(NC(=O)c2ccc3c(c2)OCO3)n(-c2nc3c(cnn3-c3ccccc3)c(=O)[nH]2)n1. The molecule has 0 unspecified atom stereocenters. The predicted octanol–water partition coefficient (Wildman–Crippen LogP) is 2.58. The van der Waals surface area contributed by atoms with Crippen LogP contribution in [0.15, 0.2) is 65.6 Å². The van der Waals surface area contributed by atoms with Gasteiger partial charge < -0.3 is 14.8 Å². The zero-order valence-corrected chi connectivity index (χ0v) is 17.8. The van der Waals surface area contributed by atoms with Crippen molar-refractivity contribution >= 4 is 22.8 Å². The average molecular weight is 455 g/mol. The summed E-state index contributed by atoms with van der Waals surface area (Å²) in [5.74, 6) is 1.19. The Morgan fingerprint density at radius 2 is 1.88 bits per heavy atom. The monoisotopic (exact) mass is 455 g/mol. The lowest BCUT2D eigenvalue weighted by atomic mass is 10.2. The Hall–Kier alpha value is -4.93. The van der Waals surface area contributed by atoms with Gasteiger partial charge in [0.05, 0.1) is 17.6 Å². The summed E-state index contributed by atoms with van der Waals surface area (Å²) in [5, 5.41) is 11.9. The number of hydrogen-bond donors (Lipinski definition) is 2. The molecule has 3 aromatic heterocycles. The number of ether oxygens (including phenoxy) is 2. The average Bonchev–Trinajstić information content (AvgIpc) is 3.57. The first-order valence-electron chi connectivity index (χ1n) is 10.4. The van der Waals surface area contributed by atoms with Crippen molar-refractivity contribution < 1.29 is 14.3 Å². The lowest BCUT2D eigenvalue weighted by molar-refractivity contribution is 0.102. The van der Waals surface area contributed by atoms with Crippen LogP contribution >= 0.6 is 0 Å². The molecular weight excluding hydrogens is 438 g/mol. The lowest BCUT2D eigenvalue weighted by Crippen LogP contribution is -2.19. The van der Waals surface area contributed by atoms with Crippen LogP contribution in [0.3, 0.4) is 0 Å². The molecule has 2 aromatic carbocycles. The molecule has 11 nitrogen and oxygen atoms in total. The van der Waals surface area contributed by atoms with Crippen molar-refractivity contribution in [1.29, 1.82) is 0 Å². The second-order valence-electron chi connectivity index (χ2n) is 7.62. The van der Waals surface area contributed by atoms with Gasteiger partial charge in [-0.25, -0.2) is 4.68 Å². The van der Waals surface area contributed by atoms with E-state index in [4.69, 9.17) is 9.47 Å². The molecule has 1 amide bonds. The number of nitrogens with one attached hydrogen (secondary N) is 2. The van der Waals surface area contributed by atoms with Crippen molar-refractivity contribution in [3.8, 4) is 23.1 Å². The Labute approximate surface area is 191 Å². The van der Waals surface area contributed by atoms with Crippen LogP contribution in [0.1, 0.15) is 16.1 Å². The molecule has 168 valence electrons. The number of para-hydroxylation sites is 1. The molecule has 1 aliphatic rings. The van der Waals surface area contributed by atoms with Gasteiger partial charge in [0.2, 0.25) is 12.7 Å². The first-order chi connectivity index (χ1) is 16.6. The summed E-state index contributed by atoms with van der Waals surface area (Å²) < 4.78 is 13.6. The molecule has 0 bridgehead atoms. The Morgan fingerprint density at radius 3 is 2.74 bits per heavy atom. The molecular formula is C23H17N7O4. The van der Waals surface area contributed by atoms with Gasteiger partial charge >= 0.3 is 0 Å². The summed E-state index contributed by atoms with van der Waals surface area (Å²) in [6.07, 6.45) is 1.47. The van der Waals surface area contributed by atoms with E-state index in [0.717, 1.165) is 5.69 Å². The number of carbonyl (C=O) groups excluding carboxylic acids is 1. The molecule has 0 saturated heterocycles. The van der Waals surface area contributed by atoms with Crippen molar-refractivity contribution in [2.75, 3.05) is 12.1 Å². The van der Waals surface area contributed by atoms with Crippen LogP contribution in [0.25, 0.3) is 22.7 Å². The van der Waals surface area contributed by atoms with Crippen LogP contribution in [0, 0.1) is 6.92 Å². The number of nitrogens with zero attached hydrogens (tertiary/aromatic N) is 5. The van der Waals surface area contributed by atoms with Gasteiger partial charge in [0.25, 0.3) is 11.5 Å². The highest BCUT2D eigenvalue weighted by Gasteiger charge is 2.20. The number of H-pyrrole nitrogens is 1. The molecule has 0 atom stereocenters. The van der Waals surface area contributed by atoms with E-state index in [1.165, 1.54) is 10.9 Å². The molecule has 2 N–H and O–H groups in total. The zero-order chi connectivity index (χ0) is 23.2. The van der Waals surface area contributed by atoms with Crippen molar-refractivity contribution in [3.63, 3.8) is 0 Å². The van der Waals surface area contributed by atoms with Gasteiger partial charge in [-0.1, -0.05) is 18.2 Å². The van der Waals surface area contributed by atoms with E-state index in [1.807, 2.05) is 30.3 Å². The first kappa shape index (κ1) is 19.7. The maximum Gasteiger partial charge on any atom is 0.263 e. The summed E-state index contributed by atoms with van der Waals surface area (Å²) in [6, 6.07) is 16.0. The Morgan fingerprint density at radius 1 is 1.06 bits per heavy atom. The maximum atomic E-state index is 12.9. The summed E-state index contributed by atoms with van der Waals surface area (Å²) in [7, 11) is 0. The highest BCUT2D eigenvalue weighted by Crippen LogP contribution is 2.32. The predicted molar refractivity (Wildman–Crippen MR) is 122 cm³/mol. The highest BCUT2D eigenvalue weighted by atomic mass is 16.7. The summed E-state index contributed by atoms with van der Waals surface area (Å²) >= 11 is 0. The molecule has 6 rings (SSSR count). The van der Waals surface area contributed by atoms with Crippen LogP contribution in [0.5, 0.6) is 11.5 Å². The van der Waals surface area contributed by atoms with Crippen LogP contribution < -0.4 is 20.3 Å². The molecule has 0 radical (unpaired) electrons. The zero-order valence-electron chi connectivity index (χ0n) is 17.8. The van der Waals surface area contributed by atoms with Crippen LogP contribution in [-0.2, 0) is 0 Å². The summed E-state index contributed by atoms with van der Waals surface area (Å²) in [4.78, 5) is 33.0. The molecule has 11 heteroatoms. The van der Waals surface area contributed by atoms with Gasteiger partial charge in [-0.15, -0.1) is 0 Å². The molecule has 34 heavy (non-hydrogen) atoms. The number of aryl methyl sites for hydroxylation is 1. The van der Waals surface area contributed by atoms with Crippen molar-refractivity contribution in [1.82, 2.24) is 29.5 Å². The molecule has 5 aromatic rings. The van der Waals surface area contributed by atoms with Gasteiger partial charge in [0.1, 0.15) is 11.2 Å². The number of aromatic amines is 1. The molecule has 0 spiro atoms. The third kappa shape index (κ3) is 3.26.